The van der Waals surface area contributed by atoms with Gasteiger partial charge in [-0.05, 0) is 18.4 Å². The first-order chi connectivity index (χ1) is 6.45. The van der Waals surface area contributed by atoms with E-state index in [2.05, 4.69) is 24.3 Å². The molecule has 0 N–H and O–H groups in total. The van der Waals surface area contributed by atoms with Crippen molar-refractivity contribution in [1.29, 1.82) is 0 Å². The van der Waals surface area contributed by atoms with E-state index in [0.29, 0.717) is 0 Å². The van der Waals surface area contributed by atoms with E-state index < -0.39 is 0 Å². The zero-order valence-corrected chi connectivity index (χ0v) is 7.83. The summed E-state index contributed by atoms with van der Waals surface area (Å²) in [5.74, 6) is 0. The van der Waals surface area contributed by atoms with Gasteiger partial charge in [0.1, 0.15) is 0 Å². The van der Waals surface area contributed by atoms with E-state index in [1.165, 1.54) is 37.4 Å². The maximum absolute atomic E-state index is 5.71. The molecule has 1 aromatic rings. The fourth-order valence-corrected chi connectivity index (χ4v) is 1.67. The van der Waals surface area contributed by atoms with Crippen molar-refractivity contribution in [2.45, 2.75) is 32.3 Å². The van der Waals surface area contributed by atoms with Gasteiger partial charge < -0.3 is 4.74 Å². The molecule has 0 aliphatic heterocycles. The van der Waals surface area contributed by atoms with Gasteiger partial charge in [-0.25, -0.2) is 0 Å². The average Bonchev–Trinajstić information content (AvgIpc) is 2.69. The van der Waals surface area contributed by atoms with Crippen LogP contribution in [0.4, 0.5) is 0 Å². The largest absolute Gasteiger partial charge is 0.367 e. The molecule has 1 fully saturated rings. The molecule has 0 saturated heterocycles. The Morgan fingerprint density at radius 2 is 1.69 bits per heavy atom. The molecule has 1 saturated carbocycles. The fourth-order valence-electron chi connectivity index (χ4n) is 1.67. The number of rotatable bonds is 3. The Bertz CT molecular complexity index is 237. The van der Waals surface area contributed by atoms with E-state index >= 15 is 0 Å². The average molecular weight is 175 g/mol. The summed E-state index contributed by atoms with van der Waals surface area (Å²) in [6.07, 6.45) is 6.26. The van der Waals surface area contributed by atoms with Crippen LogP contribution in [0.15, 0.2) is 30.3 Å². The maximum Gasteiger partial charge on any atom is 0.0975 e. The Morgan fingerprint density at radius 3 is 2.38 bits per heavy atom. The van der Waals surface area contributed by atoms with Gasteiger partial charge in [-0.15, -0.1) is 0 Å². The lowest BCUT2D eigenvalue weighted by Gasteiger charge is -2.09. The molecule has 13 heavy (non-hydrogen) atoms. The summed E-state index contributed by atoms with van der Waals surface area (Å²) in [5, 5.41) is 0. The molecule has 0 amide bonds. The van der Waals surface area contributed by atoms with Crippen molar-refractivity contribution in [3.63, 3.8) is 0 Å². The van der Waals surface area contributed by atoms with Gasteiger partial charge in [-0.2, -0.15) is 0 Å². The Hall–Kier alpha value is -0.820. The predicted octanol–water partition coefficient (Wildman–Crippen LogP) is 3.31. The lowest BCUT2D eigenvalue weighted by Crippen LogP contribution is -1.98. The van der Waals surface area contributed by atoms with Gasteiger partial charge >= 0.3 is 0 Å². The molecule has 0 bridgehead atoms. The summed E-state index contributed by atoms with van der Waals surface area (Å²) in [7, 11) is 0. The minimum absolute atomic E-state index is 0.746. The topological polar surface area (TPSA) is 9.23 Å². The zero-order valence-electron chi connectivity index (χ0n) is 7.83. The van der Waals surface area contributed by atoms with E-state index in [0.717, 1.165) is 6.61 Å². The molecule has 1 aromatic carbocycles. The molecule has 69 valence electrons. The van der Waals surface area contributed by atoms with Gasteiger partial charge in [-0.1, -0.05) is 43.2 Å². The van der Waals surface area contributed by atoms with Crippen molar-refractivity contribution < 1.29 is 4.74 Å². The van der Waals surface area contributed by atoms with Crippen LogP contribution in [0.3, 0.4) is 0 Å². The molecule has 1 heteroatoms. The quantitative estimate of drug-likeness (QED) is 0.684. The Labute approximate surface area is 79.7 Å². The van der Waals surface area contributed by atoms with Crippen molar-refractivity contribution in [3.05, 3.63) is 42.0 Å². The third-order valence-electron chi connectivity index (χ3n) is 2.45. The normalized spacial score (nSPS) is 17.8. The zero-order chi connectivity index (χ0) is 8.93. The fraction of sp³-hybridized carbons (Fsp3) is 0.417. The maximum atomic E-state index is 5.71. The lowest BCUT2D eigenvalue weighted by atomic mass is 10.2. The second kappa shape index (κ2) is 4.43. The van der Waals surface area contributed by atoms with E-state index in [9.17, 15) is 0 Å². The number of hydrogen-bond acceptors (Lipinski definition) is 1. The second-order valence-electron chi connectivity index (χ2n) is 3.52. The predicted molar refractivity (Wildman–Crippen MR) is 52.9 cm³/mol. The first-order valence-electron chi connectivity index (χ1n) is 4.96. The molecule has 0 spiro atoms. The first kappa shape index (κ1) is 8.76. The van der Waals surface area contributed by atoms with Crippen molar-refractivity contribution >= 4 is 0 Å². The number of benzene rings is 1. The van der Waals surface area contributed by atoms with E-state index in [4.69, 9.17) is 4.74 Å². The highest BCUT2D eigenvalue weighted by molar-refractivity contribution is 5.13. The summed E-state index contributed by atoms with van der Waals surface area (Å²) in [5.41, 5.74) is 1.27. The van der Waals surface area contributed by atoms with E-state index in [-0.39, 0.29) is 0 Å². The highest BCUT2D eigenvalue weighted by Crippen LogP contribution is 2.28. The molecular weight excluding hydrogens is 160 g/mol. The van der Waals surface area contributed by atoms with Crippen LogP contribution >= 0.6 is 0 Å². The molecule has 0 atom stereocenters. The third kappa shape index (κ3) is 2.56. The van der Waals surface area contributed by atoms with Crippen LogP contribution < -0.4 is 0 Å². The summed E-state index contributed by atoms with van der Waals surface area (Å²) in [6.45, 7) is 0.746. The third-order valence-corrected chi connectivity index (χ3v) is 2.45. The van der Waals surface area contributed by atoms with Gasteiger partial charge in [0, 0.05) is 0 Å². The Kier molecular flexibility index (Phi) is 2.98. The van der Waals surface area contributed by atoms with Crippen molar-refractivity contribution in [3.8, 4) is 0 Å². The summed E-state index contributed by atoms with van der Waals surface area (Å²) >= 11 is 0. The van der Waals surface area contributed by atoms with Gasteiger partial charge in [-0.3, -0.25) is 0 Å². The van der Waals surface area contributed by atoms with Crippen LogP contribution in [0.1, 0.15) is 31.2 Å². The van der Waals surface area contributed by atoms with Crippen molar-refractivity contribution in [1.82, 2.24) is 0 Å². The van der Waals surface area contributed by atoms with Gasteiger partial charge in [0.2, 0.25) is 0 Å². The molecule has 1 aliphatic carbocycles. The first-order valence-corrected chi connectivity index (χ1v) is 4.96. The highest BCUT2D eigenvalue weighted by atomic mass is 16.5. The smallest absolute Gasteiger partial charge is 0.0975 e. The van der Waals surface area contributed by atoms with Crippen LogP contribution in [0.5, 0.6) is 0 Å². The second-order valence-corrected chi connectivity index (χ2v) is 3.52. The number of ether oxygens (including phenoxy) is 1. The van der Waals surface area contributed by atoms with E-state index in [1.807, 2.05) is 6.07 Å². The molecule has 2 rings (SSSR count). The van der Waals surface area contributed by atoms with Crippen LogP contribution in [-0.4, -0.2) is 0 Å². The SMILES string of the molecule is c1ccc(CO[C]2CCCC2)cc1. The monoisotopic (exact) mass is 175 g/mol. The van der Waals surface area contributed by atoms with Crippen LogP contribution in [0, 0.1) is 6.10 Å². The molecule has 1 aliphatic rings. The van der Waals surface area contributed by atoms with Crippen LogP contribution in [0.2, 0.25) is 0 Å². The Morgan fingerprint density at radius 1 is 1.00 bits per heavy atom. The van der Waals surface area contributed by atoms with Gasteiger partial charge in [0.05, 0.1) is 12.7 Å². The summed E-state index contributed by atoms with van der Waals surface area (Å²) in [4.78, 5) is 0. The number of hydrogen-bond donors (Lipinski definition) is 0. The summed E-state index contributed by atoms with van der Waals surface area (Å²) in [6, 6.07) is 10.4. The molecule has 0 aromatic heterocycles. The molecule has 1 nitrogen and oxygen atoms in total. The van der Waals surface area contributed by atoms with Crippen LogP contribution in [0.25, 0.3) is 0 Å². The van der Waals surface area contributed by atoms with E-state index in [1.54, 1.807) is 0 Å². The molecule has 0 heterocycles. The van der Waals surface area contributed by atoms with Gasteiger partial charge in [0.15, 0.2) is 0 Å². The van der Waals surface area contributed by atoms with Crippen molar-refractivity contribution in [2.75, 3.05) is 0 Å². The highest BCUT2D eigenvalue weighted by Gasteiger charge is 2.16. The molecular formula is C12H15O. The summed E-state index contributed by atoms with van der Waals surface area (Å²) < 4.78 is 5.71. The minimum Gasteiger partial charge on any atom is -0.367 e. The molecule has 0 unspecified atom stereocenters. The van der Waals surface area contributed by atoms with Crippen LogP contribution in [-0.2, 0) is 11.3 Å². The standard InChI is InChI=1S/C12H15O/c1-2-6-11(7-3-1)10-13-12-8-4-5-9-12/h1-3,6-7H,4-5,8-10H2. The molecule has 1 radical (unpaired) electrons. The minimum atomic E-state index is 0.746. The van der Waals surface area contributed by atoms with Gasteiger partial charge in [0.25, 0.3) is 0 Å². The Balaban J connectivity index is 1.79. The van der Waals surface area contributed by atoms with Crippen molar-refractivity contribution in [2.24, 2.45) is 0 Å². The lowest BCUT2D eigenvalue weighted by molar-refractivity contribution is 0.127.